The van der Waals surface area contributed by atoms with Gasteiger partial charge in [-0.1, -0.05) is 37.6 Å². The highest BCUT2D eigenvalue weighted by atomic mass is 19.1. The minimum absolute atomic E-state index is 0.0203. The molecule has 4 rings (SSSR count). The molecule has 40 heavy (non-hydrogen) atoms. The molecule has 1 aliphatic rings. The third kappa shape index (κ3) is 6.91. The van der Waals surface area contributed by atoms with Crippen molar-refractivity contribution in [3.63, 3.8) is 0 Å². The number of nitrogens with two attached hydrogens (primary N) is 1. The van der Waals surface area contributed by atoms with Gasteiger partial charge in [-0.3, -0.25) is 20.4 Å². The lowest BCUT2D eigenvalue weighted by molar-refractivity contribution is -0.120. The standard InChI is InChI=1S/C31H35FN6O2/c1-3-4-14-36-27-13-11-21(22-10-12-24(26(33)17-22)29(35)38-30(39)19-8-9-19)16-25(27)28(34)31(40)37-18(2)20-6-5-7-23(32)15-20/h5-7,10-13,15-19,34,36H,3-4,8-9,14,33H2,1-2H3,(H,37,40)(H2,35,38,39). The molecule has 8 nitrogen and oxygen atoms in total. The molecule has 0 aromatic heterocycles. The van der Waals surface area contributed by atoms with Gasteiger partial charge in [0.1, 0.15) is 17.4 Å². The van der Waals surface area contributed by atoms with Crippen molar-refractivity contribution in [2.45, 2.75) is 45.6 Å². The summed E-state index contributed by atoms with van der Waals surface area (Å²) in [6.07, 6.45) is 3.61. The Morgan fingerprint density at radius 2 is 1.75 bits per heavy atom. The molecular formula is C31H35FN6O2. The van der Waals surface area contributed by atoms with Gasteiger partial charge in [-0.2, -0.15) is 0 Å². The summed E-state index contributed by atoms with van der Waals surface area (Å²) in [5.41, 5.74) is 9.96. The summed E-state index contributed by atoms with van der Waals surface area (Å²) in [6, 6.07) is 16.2. The van der Waals surface area contributed by atoms with Gasteiger partial charge in [-0.05, 0) is 79.3 Å². The van der Waals surface area contributed by atoms with Crippen LogP contribution in [0.3, 0.4) is 0 Å². The Morgan fingerprint density at radius 3 is 2.42 bits per heavy atom. The average molecular weight is 543 g/mol. The van der Waals surface area contributed by atoms with Crippen molar-refractivity contribution in [1.29, 1.82) is 10.8 Å². The molecule has 3 aromatic carbocycles. The minimum atomic E-state index is -0.581. The Labute approximate surface area is 233 Å². The van der Waals surface area contributed by atoms with Crippen LogP contribution in [0.2, 0.25) is 0 Å². The number of amides is 2. The Kier molecular flexibility index (Phi) is 8.93. The number of halogens is 1. The van der Waals surface area contributed by atoms with E-state index in [2.05, 4.69) is 22.9 Å². The fourth-order valence-electron chi connectivity index (χ4n) is 4.34. The predicted molar refractivity (Wildman–Crippen MR) is 157 cm³/mol. The van der Waals surface area contributed by atoms with Crippen molar-refractivity contribution >= 4 is 34.7 Å². The molecule has 3 aromatic rings. The zero-order valence-corrected chi connectivity index (χ0v) is 22.7. The molecule has 1 unspecified atom stereocenters. The van der Waals surface area contributed by atoms with Crippen LogP contribution < -0.4 is 21.7 Å². The van der Waals surface area contributed by atoms with Crippen molar-refractivity contribution in [1.82, 2.24) is 10.6 Å². The van der Waals surface area contributed by atoms with E-state index in [-0.39, 0.29) is 23.4 Å². The normalized spacial score (nSPS) is 13.3. The maximum atomic E-state index is 13.7. The van der Waals surface area contributed by atoms with Gasteiger partial charge in [0.15, 0.2) is 0 Å². The quantitative estimate of drug-likeness (QED) is 0.0836. The summed E-state index contributed by atoms with van der Waals surface area (Å²) in [6.45, 7) is 4.51. The molecule has 1 saturated carbocycles. The molecule has 1 fully saturated rings. The number of benzene rings is 3. The highest BCUT2D eigenvalue weighted by Crippen LogP contribution is 2.30. The summed E-state index contributed by atoms with van der Waals surface area (Å²) in [7, 11) is 0. The molecule has 0 aliphatic heterocycles. The maximum absolute atomic E-state index is 13.7. The molecule has 0 bridgehead atoms. The molecule has 0 radical (unpaired) electrons. The minimum Gasteiger partial charge on any atom is -0.398 e. The number of carbonyl (C=O) groups excluding carboxylic acids is 2. The first kappa shape index (κ1) is 28.5. The third-order valence-corrected chi connectivity index (χ3v) is 6.91. The van der Waals surface area contributed by atoms with Crippen LogP contribution in [0.25, 0.3) is 11.1 Å². The first-order chi connectivity index (χ1) is 19.2. The van der Waals surface area contributed by atoms with Crippen LogP contribution in [0, 0.1) is 22.6 Å². The monoisotopic (exact) mass is 542 g/mol. The van der Waals surface area contributed by atoms with Gasteiger partial charge in [-0.15, -0.1) is 0 Å². The van der Waals surface area contributed by atoms with Crippen molar-refractivity contribution in [3.05, 3.63) is 83.2 Å². The Morgan fingerprint density at radius 1 is 1.02 bits per heavy atom. The molecule has 7 N–H and O–H groups in total. The first-order valence-electron chi connectivity index (χ1n) is 13.5. The summed E-state index contributed by atoms with van der Waals surface area (Å²) in [4.78, 5) is 25.2. The van der Waals surface area contributed by atoms with E-state index in [4.69, 9.17) is 16.6 Å². The lowest BCUT2D eigenvalue weighted by atomic mass is 9.97. The number of unbranched alkanes of at least 4 members (excludes halogenated alkanes) is 1. The van der Waals surface area contributed by atoms with E-state index < -0.39 is 17.8 Å². The first-order valence-corrected chi connectivity index (χ1v) is 13.5. The van der Waals surface area contributed by atoms with Crippen molar-refractivity contribution in [3.8, 4) is 11.1 Å². The molecule has 9 heteroatoms. The number of amidine groups is 1. The number of nitrogen functional groups attached to an aromatic ring is 1. The van der Waals surface area contributed by atoms with E-state index in [0.717, 1.165) is 36.8 Å². The number of rotatable bonds is 11. The lowest BCUT2D eigenvalue weighted by Crippen LogP contribution is -2.33. The van der Waals surface area contributed by atoms with Crippen LogP contribution in [0.15, 0.2) is 60.7 Å². The Bertz CT molecular complexity index is 1450. The molecule has 0 heterocycles. The van der Waals surface area contributed by atoms with Crippen LogP contribution in [0.5, 0.6) is 0 Å². The highest BCUT2D eigenvalue weighted by Gasteiger charge is 2.30. The van der Waals surface area contributed by atoms with Gasteiger partial charge in [0, 0.05) is 35.0 Å². The summed E-state index contributed by atoms with van der Waals surface area (Å²) >= 11 is 0. The second-order valence-corrected chi connectivity index (χ2v) is 10.1. The summed E-state index contributed by atoms with van der Waals surface area (Å²) < 4.78 is 13.7. The van der Waals surface area contributed by atoms with Crippen LogP contribution in [-0.4, -0.2) is 29.9 Å². The third-order valence-electron chi connectivity index (χ3n) is 6.91. The van der Waals surface area contributed by atoms with E-state index in [1.54, 1.807) is 43.3 Å². The summed E-state index contributed by atoms with van der Waals surface area (Å²) in [5, 5.41) is 25.7. The van der Waals surface area contributed by atoms with E-state index in [1.807, 2.05) is 12.1 Å². The fourth-order valence-corrected chi connectivity index (χ4v) is 4.34. The zero-order valence-electron chi connectivity index (χ0n) is 22.7. The topological polar surface area (TPSA) is 144 Å². The number of anilines is 2. The van der Waals surface area contributed by atoms with Gasteiger partial charge < -0.3 is 21.7 Å². The highest BCUT2D eigenvalue weighted by molar-refractivity contribution is 6.45. The van der Waals surface area contributed by atoms with Crippen molar-refractivity contribution in [2.75, 3.05) is 17.6 Å². The fraction of sp³-hybridized carbons (Fsp3) is 0.290. The zero-order chi connectivity index (χ0) is 28.8. The van der Waals surface area contributed by atoms with Gasteiger partial charge in [0.2, 0.25) is 5.91 Å². The summed E-state index contributed by atoms with van der Waals surface area (Å²) in [5.74, 6) is -1.19. The number of hydrogen-bond donors (Lipinski definition) is 6. The van der Waals surface area contributed by atoms with E-state index >= 15 is 0 Å². The van der Waals surface area contributed by atoms with E-state index in [1.165, 1.54) is 12.1 Å². The number of carbonyl (C=O) groups is 2. The average Bonchev–Trinajstić information content (AvgIpc) is 3.78. The van der Waals surface area contributed by atoms with Crippen molar-refractivity contribution < 1.29 is 14.0 Å². The van der Waals surface area contributed by atoms with Crippen LogP contribution in [0.1, 0.15) is 62.3 Å². The number of nitrogens with one attached hydrogen (secondary N) is 5. The predicted octanol–water partition coefficient (Wildman–Crippen LogP) is 5.38. The number of hydrogen-bond acceptors (Lipinski definition) is 6. The smallest absolute Gasteiger partial charge is 0.270 e. The molecule has 1 atom stereocenters. The molecular weight excluding hydrogens is 507 g/mol. The Hall–Kier alpha value is -4.53. The SMILES string of the molecule is CCCCNc1ccc(-c2ccc(C(=N)NC(=O)C3CC3)c(N)c2)cc1C(=N)C(=O)NC(C)c1cccc(F)c1. The van der Waals surface area contributed by atoms with Crippen LogP contribution >= 0.6 is 0 Å². The maximum Gasteiger partial charge on any atom is 0.270 e. The molecule has 2 amide bonds. The Balaban J connectivity index is 1.58. The van der Waals surface area contributed by atoms with Gasteiger partial charge in [0.05, 0.1) is 6.04 Å². The van der Waals surface area contributed by atoms with Gasteiger partial charge >= 0.3 is 0 Å². The van der Waals surface area contributed by atoms with Gasteiger partial charge in [-0.25, -0.2) is 4.39 Å². The molecule has 0 saturated heterocycles. The van der Waals surface area contributed by atoms with Gasteiger partial charge in [0.25, 0.3) is 5.91 Å². The van der Waals surface area contributed by atoms with Crippen LogP contribution in [-0.2, 0) is 9.59 Å². The largest absolute Gasteiger partial charge is 0.398 e. The lowest BCUT2D eigenvalue weighted by Gasteiger charge is -2.18. The molecule has 208 valence electrons. The second kappa shape index (κ2) is 12.5. The van der Waals surface area contributed by atoms with Crippen LogP contribution in [0.4, 0.5) is 15.8 Å². The second-order valence-electron chi connectivity index (χ2n) is 10.1. The molecule has 0 spiro atoms. The van der Waals surface area contributed by atoms with E-state index in [0.29, 0.717) is 34.6 Å². The van der Waals surface area contributed by atoms with E-state index in [9.17, 15) is 14.0 Å². The molecule has 1 aliphatic carbocycles. The van der Waals surface area contributed by atoms with Crippen molar-refractivity contribution in [2.24, 2.45) is 5.92 Å².